The zero-order valence-electron chi connectivity index (χ0n) is 18.8. The molecule has 2 aromatic carbocycles. The third-order valence-electron chi connectivity index (χ3n) is 6.11. The van der Waals surface area contributed by atoms with E-state index in [0.29, 0.717) is 36.5 Å². The molecule has 5 rings (SSSR count). The second kappa shape index (κ2) is 9.54. The fraction of sp³-hybridized carbons (Fsp3) is 0.192. The maximum atomic E-state index is 14.0. The average Bonchev–Trinajstić information content (AvgIpc) is 3.55. The van der Waals surface area contributed by atoms with Crippen LogP contribution in [0.1, 0.15) is 23.2 Å². The quantitative estimate of drug-likeness (QED) is 0.464. The number of carbonyl (C=O) groups is 2. The lowest BCUT2D eigenvalue weighted by atomic mass is 9.96. The summed E-state index contributed by atoms with van der Waals surface area (Å²) in [7, 11) is 0. The smallest absolute Gasteiger partial charge is 0.259 e. The number of carbonyl (C=O) groups excluding carboxylic acids is 2. The third-order valence-corrected chi connectivity index (χ3v) is 6.11. The Morgan fingerprint density at radius 2 is 1.71 bits per heavy atom. The lowest BCUT2D eigenvalue weighted by Crippen LogP contribution is -2.44. The predicted molar refractivity (Wildman–Crippen MR) is 127 cm³/mol. The summed E-state index contributed by atoms with van der Waals surface area (Å²) in [6.07, 6.45) is 6.34. The molecule has 0 unspecified atom stereocenters. The first-order chi connectivity index (χ1) is 17.0. The minimum Gasteiger partial charge on any atom is -0.338 e. The van der Waals surface area contributed by atoms with Crippen LogP contribution in [0, 0.1) is 17.6 Å². The van der Waals surface area contributed by atoms with Gasteiger partial charge in [-0.15, -0.1) is 0 Å². The number of likely N-dealkylation sites (tertiary alicyclic amines) is 1. The Bertz CT molecular complexity index is 1350. The minimum atomic E-state index is -0.505. The molecule has 1 aliphatic heterocycles. The fourth-order valence-corrected chi connectivity index (χ4v) is 4.33. The number of amides is 2. The fourth-order valence-electron chi connectivity index (χ4n) is 4.33. The van der Waals surface area contributed by atoms with E-state index in [1.165, 1.54) is 30.5 Å². The molecule has 7 nitrogen and oxygen atoms in total. The number of hydrogen-bond acceptors (Lipinski definition) is 3. The van der Waals surface area contributed by atoms with E-state index in [1.807, 2.05) is 12.1 Å². The van der Waals surface area contributed by atoms with Gasteiger partial charge in [0.25, 0.3) is 5.91 Å². The monoisotopic (exact) mass is 475 g/mol. The molecule has 1 saturated heterocycles. The molecule has 4 aromatic rings. The second-order valence-electron chi connectivity index (χ2n) is 8.42. The molecule has 0 bridgehead atoms. The number of rotatable bonds is 5. The van der Waals surface area contributed by atoms with Crippen molar-refractivity contribution in [2.75, 3.05) is 18.4 Å². The van der Waals surface area contributed by atoms with E-state index in [-0.39, 0.29) is 29.9 Å². The summed E-state index contributed by atoms with van der Waals surface area (Å²) >= 11 is 0. The summed E-state index contributed by atoms with van der Waals surface area (Å²) in [6.45, 7) is 0.709. The molecule has 1 aliphatic rings. The summed E-state index contributed by atoms with van der Waals surface area (Å²) in [5.41, 5.74) is 1.09. The molecular formula is C26H23F2N5O2. The summed E-state index contributed by atoms with van der Waals surface area (Å²) in [5.74, 6) is -1.40. The van der Waals surface area contributed by atoms with E-state index < -0.39 is 11.7 Å². The van der Waals surface area contributed by atoms with Gasteiger partial charge >= 0.3 is 0 Å². The third kappa shape index (κ3) is 4.57. The molecule has 1 N–H and O–H groups in total. The Hall–Kier alpha value is -4.27. The van der Waals surface area contributed by atoms with Gasteiger partial charge in [0.05, 0.1) is 23.5 Å². The van der Waals surface area contributed by atoms with E-state index in [4.69, 9.17) is 0 Å². The second-order valence-corrected chi connectivity index (χ2v) is 8.42. The SMILES string of the molecule is O=C(Nc1ccccc1F)[C@H]1CCCN(C(=O)c2cnn(-c3ccc(F)cc3)c2-n2cccc2)C1. The summed E-state index contributed by atoms with van der Waals surface area (Å²) in [4.78, 5) is 28.1. The van der Waals surface area contributed by atoms with Crippen molar-refractivity contribution < 1.29 is 18.4 Å². The van der Waals surface area contributed by atoms with E-state index in [1.54, 1.807) is 50.8 Å². The number of halogens is 2. The molecular weight excluding hydrogens is 452 g/mol. The molecule has 1 fully saturated rings. The molecule has 0 spiro atoms. The Balaban J connectivity index is 1.40. The van der Waals surface area contributed by atoms with Gasteiger partial charge in [-0.25, -0.2) is 13.5 Å². The lowest BCUT2D eigenvalue weighted by molar-refractivity contribution is -0.121. The van der Waals surface area contributed by atoms with E-state index in [2.05, 4.69) is 10.4 Å². The number of nitrogens with one attached hydrogen (secondary N) is 1. The molecule has 0 radical (unpaired) electrons. The van der Waals surface area contributed by atoms with Gasteiger partial charge in [-0.05, 0) is 61.4 Å². The number of piperidine rings is 1. The standard InChI is InChI=1S/C26H23F2N5O2/c27-19-9-11-20(12-10-19)33-25(31-13-3-4-14-31)21(16-29-33)26(35)32-15-5-6-18(17-32)24(34)30-23-8-2-1-7-22(23)28/h1-4,7-14,16,18H,5-6,15,17H2,(H,30,34)/t18-/m0/s1. The number of benzene rings is 2. The molecule has 9 heteroatoms. The Kier molecular flexibility index (Phi) is 6.13. The van der Waals surface area contributed by atoms with Crippen molar-refractivity contribution in [3.05, 3.63) is 96.5 Å². The van der Waals surface area contributed by atoms with Gasteiger partial charge < -0.3 is 14.8 Å². The lowest BCUT2D eigenvalue weighted by Gasteiger charge is -2.32. The molecule has 178 valence electrons. The zero-order valence-corrected chi connectivity index (χ0v) is 18.8. The molecule has 1 atom stereocenters. The minimum absolute atomic E-state index is 0.122. The van der Waals surface area contributed by atoms with Crippen LogP contribution < -0.4 is 5.32 Å². The Morgan fingerprint density at radius 3 is 2.46 bits per heavy atom. The number of anilines is 1. The number of hydrogen-bond donors (Lipinski definition) is 1. The molecule has 35 heavy (non-hydrogen) atoms. The van der Waals surface area contributed by atoms with Gasteiger partial charge in [0.2, 0.25) is 5.91 Å². The molecule has 3 heterocycles. The summed E-state index contributed by atoms with van der Waals surface area (Å²) in [5, 5.41) is 7.05. The van der Waals surface area contributed by atoms with E-state index in [9.17, 15) is 18.4 Å². The average molecular weight is 475 g/mol. The largest absolute Gasteiger partial charge is 0.338 e. The Labute approximate surface area is 200 Å². The first-order valence-electron chi connectivity index (χ1n) is 11.3. The molecule has 2 aromatic heterocycles. The van der Waals surface area contributed by atoms with Crippen molar-refractivity contribution >= 4 is 17.5 Å². The van der Waals surface area contributed by atoms with Crippen molar-refractivity contribution in [2.45, 2.75) is 12.8 Å². The first kappa shape index (κ1) is 22.5. The highest BCUT2D eigenvalue weighted by atomic mass is 19.1. The van der Waals surface area contributed by atoms with Crippen molar-refractivity contribution in [2.24, 2.45) is 5.92 Å². The van der Waals surface area contributed by atoms with Crippen LogP contribution >= 0.6 is 0 Å². The van der Waals surface area contributed by atoms with Crippen molar-refractivity contribution in [3.8, 4) is 11.5 Å². The van der Waals surface area contributed by atoms with Crippen LogP contribution in [0.25, 0.3) is 11.5 Å². The van der Waals surface area contributed by atoms with Crippen molar-refractivity contribution in [1.29, 1.82) is 0 Å². The van der Waals surface area contributed by atoms with Gasteiger partial charge in [0.1, 0.15) is 17.2 Å². The highest BCUT2D eigenvalue weighted by molar-refractivity contribution is 5.98. The van der Waals surface area contributed by atoms with Gasteiger partial charge in [-0.3, -0.25) is 9.59 Å². The van der Waals surface area contributed by atoms with Crippen LogP contribution in [0.3, 0.4) is 0 Å². The molecule has 2 amide bonds. The van der Waals surface area contributed by atoms with E-state index >= 15 is 0 Å². The van der Waals surface area contributed by atoms with Crippen LogP contribution in [-0.2, 0) is 4.79 Å². The zero-order chi connectivity index (χ0) is 24.4. The van der Waals surface area contributed by atoms with Gasteiger partial charge in [-0.1, -0.05) is 12.1 Å². The topological polar surface area (TPSA) is 72.2 Å². The van der Waals surface area contributed by atoms with Gasteiger partial charge in [0, 0.05) is 25.5 Å². The number of aromatic nitrogens is 3. The van der Waals surface area contributed by atoms with Gasteiger partial charge in [0.15, 0.2) is 5.82 Å². The number of nitrogens with zero attached hydrogens (tertiary/aromatic N) is 4. The van der Waals surface area contributed by atoms with Gasteiger partial charge in [-0.2, -0.15) is 5.10 Å². The molecule has 0 saturated carbocycles. The summed E-state index contributed by atoms with van der Waals surface area (Å²) in [6, 6.07) is 15.5. The highest BCUT2D eigenvalue weighted by Crippen LogP contribution is 2.25. The van der Waals surface area contributed by atoms with Crippen LogP contribution in [0.2, 0.25) is 0 Å². The van der Waals surface area contributed by atoms with Crippen LogP contribution in [0.15, 0.2) is 79.3 Å². The van der Waals surface area contributed by atoms with Crippen molar-refractivity contribution in [3.63, 3.8) is 0 Å². The van der Waals surface area contributed by atoms with Crippen molar-refractivity contribution in [1.82, 2.24) is 19.2 Å². The normalized spacial score (nSPS) is 15.7. The maximum Gasteiger partial charge on any atom is 0.259 e. The predicted octanol–water partition coefficient (Wildman–Crippen LogP) is 4.43. The summed E-state index contributed by atoms with van der Waals surface area (Å²) < 4.78 is 30.8. The first-order valence-corrected chi connectivity index (χ1v) is 11.3. The highest BCUT2D eigenvalue weighted by Gasteiger charge is 2.31. The maximum absolute atomic E-state index is 14.0. The van der Waals surface area contributed by atoms with Crippen LogP contribution in [-0.4, -0.2) is 44.2 Å². The molecule has 0 aliphatic carbocycles. The van der Waals surface area contributed by atoms with Crippen LogP contribution in [0.4, 0.5) is 14.5 Å². The Morgan fingerprint density at radius 1 is 0.971 bits per heavy atom. The number of para-hydroxylation sites is 1. The van der Waals surface area contributed by atoms with E-state index in [0.717, 1.165) is 0 Å². The van der Waals surface area contributed by atoms with Crippen LogP contribution in [0.5, 0.6) is 0 Å².